The highest BCUT2D eigenvalue weighted by Gasteiger charge is 2.14. The normalized spacial score (nSPS) is 14.7. The Labute approximate surface area is 84.7 Å². The van der Waals surface area contributed by atoms with Crippen LogP contribution in [0.2, 0.25) is 0 Å². The maximum atomic E-state index is 5.63. The van der Waals surface area contributed by atoms with E-state index in [9.17, 15) is 0 Å². The molecule has 1 aromatic rings. The second-order valence-corrected chi connectivity index (χ2v) is 3.29. The molecule has 0 aliphatic heterocycles. The Bertz CT molecular complexity index is 324. The predicted octanol–water partition coefficient (Wildman–Crippen LogP) is 1.20. The molecule has 76 valence electrons. The van der Waals surface area contributed by atoms with E-state index < -0.39 is 0 Å². The first-order valence-electron chi connectivity index (χ1n) is 4.66. The van der Waals surface area contributed by atoms with Gasteiger partial charge < -0.3 is 10.2 Å². The highest BCUT2D eigenvalue weighted by Crippen LogP contribution is 2.15. The van der Waals surface area contributed by atoms with E-state index in [0.717, 1.165) is 11.5 Å². The fraction of sp³-hybridized carbons (Fsp3) is 0.455. The van der Waals surface area contributed by atoms with Crippen molar-refractivity contribution in [2.45, 2.75) is 25.9 Å². The van der Waals surface area contributed by atoms with Crippen molar-refractivity contribution in [3.05, 3.63) is 23.7 Å². The van der Waals surface area contributed by atoms with E-state index in [1.807, 2.05) is 26.0 Å². The van der Waals surface area contributed by atoms with Gasteiger partial charge in [-0.1, -0.05) is 5.92 Å². The van der Waals surface area contributed by atoms with E-state index in [4.69, 9.17) is 16.6 Å². The Morgan fingerprint density at radius 1 is 1.64 bits per heavy atom. The van der Waals surface area contributed by atoms with Crippen molar-refractivity contribution in [1.82, 2.24) is 5.32 Å². The van der Waals surface area contributed by atoms with Gasteiger partial charge in [0.05, 0.1) is 12.1 Å². The molecule has 1 heterocycles. The first kappa shape index (κ1) is 10.8. The lowest BCUT2D eigenvalue weighted by atomic mass is 10.2. The number of hydrogen-bond acceptors (Lipinski definition) is 3. The second kappa shape index (κ2) is 4.85. The van der Waals surface area contributed by atoms with Crippen LogP contribution in [0.1, 0.15) is 24.5 Å². The van der Waals surface area contributed by atoms with E-state index in [-0.39, 0.29) is 12.1 Å². The Balaban J connectivity index is 2.68. The minimum Gasteiger partial charge on any atom is -0.465 e. The summed E-state index contributed by atoms with van der Waals surface area (Å²) < 4.78 is 5.47. The second-order valence-electron chi connectivity index (χ2n) is 3.29. The molecule has 0 radical (unpaired) electrons. The molecular weight excluding hydrogens is 176 g/mol. The summed E-state index contributed by atoms with van der Waals surface area (Å²) in [5.74, 6) is 4.32. The number of rotatable bonds is 4. The summed E-state index contributed by atoms with van der Waals surface area (Å²) in [7, 11) is 0. The molecule has 0 saturated carbocycles. The van der Waals surface area contributed by atoms with Gasteiger partial charge in [-0.2, -0.15) is 0 Å². The van der Waals surface area contributed by atoms with Crippen LogP contribution < -0.4 is 11.1 Å². The van der Waals surface area contributed by atoms with Gasteiger partial charge in [0.15, 0.2) is 0 Å². The van der Waals surface area contributed by atoms with Gasteiger partial charge in [0, 0.05) is 6.54 Å². The van der Waals surface area contributed by atoms with E-state index in [2.05, 4.69) is 11.2 Å². The van der Waals surface area contributed by atoms with Gasteiger partial charge in [-0.05, 0) is 26.0 Å². The highest BCUT2D eigenvalue weighted by atomic mass is 16.3. The first-order valence-corrected chi connectivity index (χ1v) is 4.66. The van der Waals surface area contributed by atoms with Crippen LogP contribution in [0.25, 0.3) is 0 Å². The standard InChI is InChI=1S/C11H16N2O/c1-4-8(2)13-10(7-12)11-6-5-9(3)14-11/h1,5-6,8,10,13H,7,12H2,2-3H3. The summed E-state index contributed by atoms with van der Waals surface area (Å²) in [6, 6.07) is 3.83. The van der Waals surface area contributed by atoms with Crippen molar-refractivity contribution in [2.75, 3.05) is 6.54 Å². The molecule has 0 amide bonds. The SMILES string of the molecule is C#CC(C)NC(CN)c1ccc(C)o1. The quantitative estimate of drug-likeness (QED) is 0.705. The summed E-state index contributed by atoms with van der Waals surface area (Å²) in [5.41, 5.74) is 5.63. The molecule has 0 bridgehead atoms. The molecule has 0 aliphatic rings. The van der Waals surface area contributed by atoms with Crippen LogP contribution in [0.5, 0.6) is 0 Å². The number of hydrogen-bond donors (Lipinski definition) is 2. The maximum Gasteiger partial charge on any atom is 0.122 e. The summed E-state index contributed by atoms with van der Waals surface area (Å²) in [5, 5.41) is 3.19. The average Bonchev–Trinajstić information content (AvgIpc) is 2.60. The maximum absolute atomic E-state index is 5.63. The van der Waals surface area contributed by atoms with Crippen LogP contribution in [0.15, 0.2) is 16.5 Å². The molecule has 3 N–H and O–H groups in total. The van der Waals surface area contributed by atoms with Crippen molar-refractivity contribution in [1.29, 1.82) is 0 Å². The molecule has 2 atom stereocenters. The molecule has 1 rings (SSSR count). The van der Waals surface area contributed by atoms with Gasteiger partial charge in [0.2, 0.25) is 0 Å². The van der Waals surface area contributed by atoms with Crippen LogP contribution in [0.4, 0.5) is 0 Å². The monoisotopic (exact) mass is 192 g/mol. The van der Waals surface area contributed by atoms with Crippen molar-refractivity contribution >= 4 is 0 Å². The van der Waals surface area contributed by atoms with Gasteiger partial charge in [-0.25, -0.2) is 0 Å². The molecule has 0 fully saturated rings. The van der Waals surface area contributed by atoms with Crippen molar-refractivity contribution in [3.63, 3.8) is 0 Å². The minimum absolute atomic E-state index is 0.00486. The van der Waals surface area contributed by atoms with E-state index in [1.54, 1.807) is 0 Å². The van der Waals surface area contributed by atoms with Gasteiger partial charge in [-0.15, -0.1) is 6.42 Å². The minimum atomic E-state index is -0.00560. The Kier molecular flexibility index (Phi) is 3.75. The first-order chi connectivity index (χ1) is 6.67. The van der Waals surface area contributed by atoms with E-state index >= 15 is 0 Å². The van der Waals surface area contributed by atoms with Gasteiger partial charge in [0.25, 0.3) is 0 Å². The Hall–Kier alpha value is -1.24. The molecule has 3 nitrogen and oxygen atoms in total. The summed E-state index contributed by atoms with van der Waals surface area (Å²) in [4.78, 5) is 0. The zero-order chi connectivity index (χ0) is 10.6. The van der Waals surface area contributed by atoms with Crippen molar-refractivity contribution in [2.24, 2.45) is 5.73 Å². The lowest BCUT2D eigenvalue weighted by Crippen LogP contribution is -2.33. The van der Waals surface area contributed by atoms with Crippen molar-refractivity contribution in [3.8, 4) is 12.3 Å². The molecule has 3 heteroatoms. The summed E-state index contributed by atoms with van der Waals surface area (Å²) in [6.07, 6.45) is 5.27. The summed E-state index contributed by atoms with van der Waals surface area (Å²) in [6.45, 7) is 4.29. The topological polar surface area (TPSA) is 51.2 Å². The molecule has 14 heavy (non-hydrogen) atoms. The molecule has 1 aromatic heterocycles. The predicted molar refractivity (Wildman–Crippen MR) is 56.7 cm³/mol. The smallest absolute Gasteiger partial charge is 0.122 e. The number of aryl methyl sites for hydroxylation is 1. The molecule has 0 aromatic carbocycles. The molecule has 0 aliphatic carbocycles. The highest BCUT2D eigenvalue weighted by molar-refractivity contribution is 5.11. The van der Waals surface area contributed by atoms with Gasteiger partial charge in [-0.3, -0.25) is 5.32 Å². The van der Waals surface area contributed by atoms with E-state index in [0.29, 0.717) is 6.54 Å². The molecule has 0 saturated heterocycles. The number of terminal acetylenes is 1. The molecular formula is C11H16N2O. The number of nitrogens with two attached hydrogens (primary N) is 1. The van der Waals surface area contributed by atoms with Crippen molar-refractivity contribution < 1.29 is 4.42 Å². The molecule has 2 unspecified atom stereocenters. The van der Waals surface area contributed by atoms with Crippen LogP contribution >= 0.6 is 0 Å². The van der Waals surface area contributed by atoms with Crippen LogP contribution in [0, 0.1) is 19.3 Å². The third-order valence-corrected chi connectivity index (χ3v) is 2.04. The van der Waals surface area contributed by atoms with Gasteiger partial charge in [0.1, 0.15) is 11.5 Å². The number of furan rings is 1. The Morgan fingerprint density at radius 2 is 2.36 bits per heavy atom. The number of nitrogens with one attached hydrogen (secondary N) is 1. The Morgan fingerprint density at radius 3 is 2.79 bits per heavy atom. The average molecular weight is 192 g/mol. The zero-order valence-corrected chi connectivity index (χ0v) is 8.58. The van der Waals surface area contributed by atoms with Crippen LogP contribution in [-0.4, -0.2) is 12.6 Å². The summed E-state index contributed by atoms with van der Waals surface area (Å²) >= 11 is 0. The fourth-order valence-corrected chi connectivity index (χ4v) is 1.26. The lowest BCUT2D eigenvalue weighted by Gasteiger charge is -2.16. The lowest BCUT2D eigenvalue weighted by molar-refractivity contribution is 0.396. The van der Waals surface area contributed by atoms with E-state index in [1.165, 1.54) is 0 Å². The largest absolute Gasteiger partial charge is 0.465 e. The van der Waals surface area contributed by atoms with Gasteiger partial charge >= 0.3 is 0 Å². The fourth-order valence-electron chi connectivity index (χ4n) is 1.26. The third kappa shape index (κ3) is 2.63. The van der Waals surface area contributed by atoms with Crippen LogP contribution in [-0.2, 0) is 0 Å². The molecule has 0 spiro atoms. The van der Waals surface area contributed by atoms with Crippen LogP contribution in [0.3, 0.4) is 0 Å². The third-order valence-electron chi connectivity index (χ3n) is 2.04. The zero-order valence-electron chi connectivity index (χ0n) is 8.58.